The number of nitrogens with one attached hydrogen (secondary N) is 1. The number of aldehydes is 1. The van der Waals surface area contributed by atoms with Crippen LogP contribution in [-0.2, 0) is 9.53 Å². The molecule has 0 aromatic heterocycles. The fourth-order valence-corrected chi connectivity index (χ4v) is 1.30. The highest BCUT2D eigenvalue weighted by Crippen LogP contribution is 2.17. The Morgan fingerprint density at radius 1 is 1.45 bits per heavy atom. The van der Waals surface area contributed by atoms with Crippen molar-refractivity contribution in [3.8, 4) is 11.8 Å². The highest BCUT2D eigenvalue weighted by molar-refractivity contribution is 5.85. The molecule has 1 amide bonds. The molecule has 1 aromatic carbocycles. The molecule has 20 heavy (non-hydrogen) atoms. The lowest BCUT2D eigenvalue weighted by Gasteiger charge is -2.19. The molecule has 0 radical (unpaired) electrons. The highest BCUT2D eigenvalue weighted by atomic mass is 19.1. The van der Waals surface area contributed by atoms with Crippen molar-refractivity contribution in [1.82, 2.24) is 0 Å². The molecule has 106 valence electrons. The van der Waals surface area contributed by atoms with Gasteiger partial charge in [0.25, 0.3) is 0 Å². The molecular weight excluding hydrogens is 261 g/mol. The first kappa shape index (κ1) is 15.7. The van der Waals surface area contributed by atoms with Crippen molar-refractivity contribution >= 4 is 18.1 Å². The fourth-order valence-electron chi connectivity index (χ4n) is 1.30. The average molecular weight is 277 g/mol. The monoisotopic (exact) mass is 277 g/mol. The van der Waals surface area contributed by atoms with E-state index in [9.17, 15) is 14.0 Å². The van der Waals surface area contributed by atoms with Crippen molar-refractivity contribution in [3.63, 3.8) is 0 Å². The Kier molecular flexibility index (Phi) is 5.27. The molecule has 0 aliphatic carbocycles. The molecule has 0 atom stereocenters. The predicted molar refractivity (Wildman–Crippen MR) is 73.8 cm³/mol. The van der Waals surface area contributed by atoms with E-state index in [1.54, 1.807) is 26.8 Å². The van der Waals surface area contributed by atoms with Crippen molar-refractivity contribution in [3.05, 3.63) is 29.6 Å². The fraction of sp³-hybridized carbons (Fsp3) is 0.333. The van der Waals surface area contributed by atoms with Gasteiger partial charge in [0, 0.05) is 5.56 Å². The van der Waals surface area contributed by atoms with Gasteiger partial charge < -0.3 is 9.53 Å². The Labute approximate surface area is 117 Å². The number of carbonyl (C=O) groups excluding carboxylic acids is 2. The SMILES string of the molecule is CC(C)(C)OC(=O)Nc1ccc(C#CCC=O)cc1F. The van der Waals surface area contributed by atoms with Gasteiger partial charge >= 0.3 is 6.09 Å². The summed E-state index contributed by atoms with van der Waals surface area (Å²) in [6.07, 6.45) is 0.0394. The quantitative estimate of drug-likeness (QED) is 0.667. The molecule has 0 spiro atoms. The zero-order chi connectivity index (χ0) is 15.2. The first-order valence-corrected chi connectivity index (χ1v) is 6.04. The van der Waals surface area contributed by atoms with E-state index in [4.69, 9.17) is 4.74 Å². The van der Waals surface area contributed by atoms with Crippen LogP contribution in [0.1, 0.15) is 32.8 Å². The van der Waals surface area contributed by atoms with Gasteiger partial charge in [-0.2, -0.15) is 0 Å². The van der Waals surface area contributed by atoms with Gasteiger partial charge in [-0.05, 0) is 39.0 Å². The van der Waals surface area contributed by atoms with Crippen LogP contribution >= 0.6 is 0 Å². The topological polar surface area (TPSA) is 55.4 Å². The third-order valence-corrected chi connectivity index (χ3v) is 2.02. The Hall–Kier alpha value is -2.35. The van der Waals surface area contributed by atoms with Gasteiger partial charge in [-0.3, -0.25) is 5.32 Å². The second kappa shape index (κ2) is 6.71. The second-order valence-corrected chi connectivity index (χ2v) is 4.99. The van der Waals surface area contributed by atoms with Gasteiger partial charge in [0.1, 0.15) is 17.7 Å². The van der Waals surface area contributed by atoms with Crippen LogP contribution < -0.4 is 5.32 Å². The maximum Gasteiger partial charge on any atom is 0.412 e. The number of hydrogen-bond acceptors (Lipinski definition) is 3. The molecule has 1 rings (SSSR count). The van der Waals surface area contributed by atoms with Gasteiger partial charge in [-0.15, -0.1) is 0 Å². The molecular formula is C15H16FNO3. The molecule has 0 aliphatic rings. The Balaban J connectivity index is 2.77. The van der Waals surface area contributed by atoms with E-state index >= 15 is 0 Å². The molecule has 4 nitrogen and oxygen atoms in total. The molecule has 0 saturated carbocycles. The number of anilines is 1. The van der Waals surface area contributed by atoms with Crippen LogP contribution in [0.15, 0.2) is 18.2 Å². The first-order chi connectivity index (χ1) is 9.31. The maximum absolute atomic E-state index is 13.7. The van der Waals surface area contributed by atoms with E-state index in [1.807, 2.05) is 0 Å². The lowest BCUT2D eigenvalue weighted by molar-refractivity contribution is -0.107. The Bertz CT molecular complexity index is 565. The largest absolute Gasteiger partial charge is 0.444 e. The third kappa shape index (κ3) is 5.53. The molecule has 0 bridgehead atoms. The Morgan fingerprint density at radius 3 is 2.70 bits per heavy atom. The standard InChI is InChI=1S/C15H16FNO3/c1-15(2,3)20-14(19)17-13-8-7-11(10-12(13)16)6-4-5-9-18/h7-10H,5H2,1-3H3,(H,17,19). The summed E-state index contributed by atoms with van der Waals surface area (Å²) >= 11 is 0. The van der Waals surface area contributed by atoms with E-state index in [0.717, 1.165) is 0 Å². The molecule has 0 unspecified atom stereocenters. The number of halogens is 1. The van der Waals surface area contributed by atoms with Crippen LogP contribution in [0.4, 0.5) is 14.9 Å². The van der Waals surface area contributed by atoms with Crippen LogP contribution in [0.2, 0.25) is 0 Å². The molecule has 1 N–H and O–H groups in total. The van der Waals surface area contributed by atoms with Crippen LogP contribution in [0.5, 0.6) is 0 Å². The van der Waals surface area contributed by atoms with Crippen molar-refractivity contribution < 1.29 is 18.7 Å². The molecule has 5 heteroatoms. The molecule has 0 heterocycles. The lowest BCUT2D eigenvalue weighted by atomic mass is 10.2. The number of hydrogen-bond donors (Lipinski definition) is 1. The Morgan fingerprint density at radius 2 is 2.15 bits per heavy atom. The molecule has 0 fully saturated rings. The summed E-state index contributed by atoms with van der Waals surface area (Å²) < 4.78 is 18.8. The summed E-state index contributed by atoms with van der Waals surface area (Å²) in [6, 6.07) is 4.13. The van der Waals surface area contributed by atoms with Crippen molar-refractivity contribution in [2.45, 2.75) is 32.8 Å². The van der Waals surface area contributed by atoms with E-state index in [2.05, 4.69) is 17.2 Å². The summed E-state index contributed by atoms with van der Waals surface area (Å²) in [5, 5.41) is 2.32. The highest BCUT2D eigenvalue weighted by Gasteiger charge is 2.17. The average Bonchev–Trinajstić information content (AvgIpc) is 2.30. The lowest BCUT2D eigenvalue weighted by Crippen LogP contribution is -2.27. The first-order valence-electron chi connectivity index (χ1n) is 6.04. The summed E-state index contributed by atoms with van der Waals surface area (Å²) in [5.74, 6) is 4.60. The maximum atomic E-state index is 13.7. The summed E-state index contributed by atoms with van der Waals surface area (Å²) in [4.78, 5) is 21.6. The zero-order valence-corrected chi connectivity index (χ0v) is 11.6. The number of ether oxygens (including phenoxy) is 1. The third-order valence-electron chi connectivity index (χ3n) is 2.02. The molecule has 1 aromatic rings. The van der Waals surface area contributed by atoms with Crippen LogP contribution in [-0.4, -0.2) is 18.0 Å². The van der Waals surface area contributed by atoms with E-state index < -0.39 is 17.5 Å². The zero-order valence-electron chi connectivity index (χ0n) is 11.6. The van der Waals surface area contributed by atoms with Crippen molar-refractivity contribution in [2.75, 3.05) is 5.32 Å². The normalized spacial score (nSPS) is 10.2. The molecule has 0 aliphatic heterocycles. The van der Waals surface area contributed by atoms with Gasteiger partial charge in [-0.1, -0.05) is 11.8 Å². The van der Waals surface area contributed by atoms with Gasteiger partial charge in [-0.25, -0.2) is 9.18 Å². The summed E-state index contributed by atoms with van der Waals surface area (Å²) in [5.41, 5.74) is -0.208. The minimum absolute atomic E-state index is 0.0141. The number of rotatable bonds is 2. The minimum atomic E-state index is -0.726. The van der Waals surface area contributed by atoms with Crippen molar-refractivity contribution in [2.24, 2.45) is 0 Å². The summed E-state index contributed by atoms with van der Waals surface area (Å²) in [6.45, 7) is 5.15. The van der Waals surface area contributed by atoms with Gasteiger partial charge in [0.2, 0.25) is 0 Å². The van der Waals surface area contributed by atoms with E-state index in [-0.39, 0.29) is 12.1 Å². The summed E-state index contributed by atoms with van der Waals surface area (Å²) in [7, 11) is 0. The number of carbonyl (C=O) groups is 2. The number of benzene rings is 1. The van der Waals surface area contributed by atoms with Crippen molar-refractivity contribution in [1.29, 1.82) is 0 Å². The van der Waals surface area contributed by atoms with Crippen LogP contribution in [0, 0.1) is 17.7 Å². The smallest absolute Gasteiger partial charge is 0.412 e. The van der Waals surface area contributed by atoms with Crippen LogP contribution in [0.25, 0.3) is 0 Å². The van der Waals surface area contributed by atoms with Crippen LogP contribution in [0.3, 0.4) is 0 Å². The minimum Gasteiger partial charge on any atom is -0.444 e. The van der Waals surface area contributed by atoms with Gasteiger partial charge in [0.05, 0.1) is 12.1 Å². The predicted octanol–water partition coefficient (Wildman–Crippen LogP) is 3.11. The van der Waals surface area contributed by atoms with Gasteiger partial charge in [0.15, 0.2) is 0 Å². The molecule has 0 saturated heterocycles. The van der Waals surface area contributed by atoms with E-state index in [1.165, 1.54) is 12.1 Å². The second-order valence-electron chi connectivity index (χ2n) is 4.99. The number of amides is 1. The van der Waals surface area contributed by atoms with E-state index in [0.29, 0.717) is 11.8 Å².